The molecule has 0 aliphatic heterocycles. The molecule has 1 amide bonds. The normalized spacial score (nSPS) is 10.5. The fourth-order valence-corrected chi connectivity index (χ4v) is 2.89. The minimum absolute atomic E-state index is 0.211. The van der Waals surface area contributed by atoms with Crippen LogP contribution in [0.2, 0.25) is 0 Å². The van der Waals surface area contributed by atoms with Crippen molar-refractivity contribution in [1.29, 1.82) is 0 Å². The van der Waals surface area contributed by atoms with Gasteiger partial charge in [0.25, 0.3) is 5.91 Å². The van der Waals surface area contributed by atoms with Crippen LogP contribution in [0.4, 0.5) is 0 Å². The van der Waals surface area contributed by atoms with E-state index < -0.39 is 0 Å². The topological polar surface area (TPSA) is 73.3 Å². The highest BCUT2D eigenvalue weighted by molar-refractivity contribution is 7.11. The van der Waals surface area contributed by atoms with Crippen LogP contribution in [-0.2, 0) is 17.9 Å². The Labute approximate surface area is 133 Å². The summed E-state index contributed by atoms with van der Waals surface area (Å²) in [6, 6.07) is 3.41. The summed E-state index contributed by atoms with van der Waals surface area (Å²) >= 11 is 1.54. The van der Waals surface area contributed by atoms with Crippen LogP contribution in [0.25, 0.3) is 0 Å². The Hall–Kier alpha value is -1.99. The van der Waals surface area contributed by atoms with Crippen molar-refractivity contribution in [1.82, 2.24) is 15.3 Å². The molecule has 2 rings (SSSR count). The van der Waals surface area contributed by atoms with Crippen LogP contribution in [0.1, 0.15) is 32.9 Å². The molecule has 0 saturated carbocycles. The number of amides is 1. The van der Waals surface area contributed by atoms with Crippen LogP contribution in [-0.4, -0.2) is 29.6 Å². The lowest BCUT2D eigenvalue weighted by Crippen LogP contribution is -2.23. The zero-order valence-corrected chi connectivity index (χ0v) is 13.7. The van der Waals surface area contributed by atoms with Crippen molar-refractivity contribution in [3.8, 4) is 5.88 Å². The van der Waals surface area contributed by atoms with Crippen molar-refractivity contribution in [3.63, 3.8) is 0 Å². The summed E-state index contributed by atoms with van der Waals surface area (Å²) in [5.74, 6) is 0.140. The van der Waals surface area contributed by atoms with Crippen LogP contribution in [0.5, 0.6) is 5.88 Å². The molecule has 1 N–H and O–H groups in total. The van der Waals surface area contributed by atoms with E-state index in [-0.39, 0.29) is 5.91 Å². The maximum absolute atomic E-state index is 12.3. The third-order valence-corrected chi connectivity index (χ3v) is 4.04. The Morgan fingerprint density at radius 1 is 1.45 bits per heavy atom. The molecule has 6 nitrogen and oxygen atoms in total. The number of nitrogens with one attached hydrogen (secondary N) is 1. The minimum atomic E-state index is -0.211. The van der Waals surface area contributed by atoms with Gasteiger partial charge in [-0.25, -0.2) is 9.97 Å². The molecule has 0 aromatic carbocycles. The van der Waals surface area contributed by atoms with Gasteiger partial charge < -0.3 is 14.8 Å². The smallest absolute Gasteiger partial charge is 0.257 e. The van der Waals surface area contributed by atoms with Gasteiger partial charge in [0.1, 0.15) is 10.6 Å². The maximum Gasteiger partial charge on any atom is 0.257 e. The Morgan fingerprint density at radius 2 is 2.27 bits per heavy atom. The number of nitrogens with zero attached hydrogens (tertiary/aromatic N) is 2. The highest BCUT2D eigenvalue weighted by Gasteiger charge is 2.14. The SMILES string of the molecule is CCOc1ncccc1C(=O)NCc1sc(COC)nc1C. The molecular formula is C15H19N3O3S. The largest absolute Gasteiger partial charge is 0.477 e. The van der Waals surface area contributed by atoms with Crippen molar-refractivity contribution in [2.24, 2.45) is 0 Å². The summed E-state index contributed by atoms with van der Waals surface area (Å²) in [7, 11) is 1.63. The van der Waals surface area contributed by atoms with E-state index >= 15 is 0 Å². The van der Waals surface area contributed by atoms with Crippen molar-refractivity contribution >= 4 is 17.2 Å². The number of rotatable bonds is 7. The van der Waals surface area contributed by atoms with E-state index in [1.165, 1.54) is 11.3 Å². The second kappa shape index (κ2) is 7.86. The molecule has 118 valence electrons. The number of thiazole rings is 1. The van der Waals surface area contributed by atoms with E-state index in [0.29, 0.717) is 31.2 Å². The van der Waals surface area contributed by atoms with Crippen LogP contribution in [0, 0.1) is 6.92 Å². The first kappa shape index (κ1) is 16.4. The minimum Gasteiger partial charge on any atom is -0.477 e. The lowest BCUT2D eigenvalue weighted by Gasteiger charge is -2.08. The van der Waals surface area contributed by atoms with Crippen LogP contribution >= 0.6 is 11.3 Å². The molecule has 0 spiro atoms. The Kier molecular flexibility index (Phi) is 5.85. The molecule has 0 saturated heterocycles. The van der Waals surface area contributed by atoms with E-state index in [9.17, 15) is 4.79 Å². The highest BCUT2D eigenvalue weighted by Crippen LogP contribution is 2.19. The lowest BCUT2D eigenvalue weighted by molar-refractivity contribution is 0.0946. The van der Waals surface area contributed by atoms with E-state index in [1.54, 1.807) is 25.4 Å². The van der Waals surface area contributed by atoms with E-state index in [1.807, 2.05) is 13.8 Å². The molecular weight excluding hydrogens is 302 g/mol. The number of methoxy groups -OCH3 is 1. The first-order valence-electron chi connectivity index (χ1n) is 6.95. The lowest BCUT2D eigenvalue weighted by atomic mass is 10.2. The molecule has 2 heterocycles. The first-order valence-corrected chi connectivity index (χ1v) is 7.77. The van der Waals surface area contributed by atoms with E-state index in [4.69, 9.17) is 9.47 Å². The molecule has 0 radical (unpaired) electrons. The molecule has 22 heavy (non-hydrogen) atoms. The Bertz CT molecular complexity index is 643. The van der Waals surface area contributed by atoms with Gasteiger partial charge in [-0.05, 0) is 26.0 Å². The standard InChI is InChI=1S/C15H19N3O3S/c1-4-21-15-11(6-5-7-16-15)14(19)17-8-12-10(2)18-13(22-12)9-20-3/h5-7H,4,8-9H2,1-3H3,(H,17,19). The van der Waals surface area contributed by atoms with Gasteiger partial charge in [0, 0.05) is 18.2 Å². The summed E-state index contributed by atoms with van der Waals surface area (Å²) in [6.45, 7) is 5.15. The molecule has 0 unspecified atom stereocenters. The molecule has 7 heteroatoms. The monoisotopic (exact) mass is 321 g/mol. The molecule has 2 aromatic heterocycles. The van der Waals surface area contributed by atoms with Crippen molar-refractivity contribution in [3.05, 3.63) is 39.5 Å². The Morgan fingerprint density at radius 3 is 3.00 bits per heavy atom. The van der Waals surface area contributed by atoms with Gasteiger partial charge in [-0.3, -0.25) is 4.79 Å². The van der Waals surface area contributed by atoms with Crippen LogP contribution < -0.4 is 10.1 Å². The van der Waals surface area contributed by atoms with Gasteiger partial charge in [0.2, 0.25) is 5.88 Å². The molecule has 0 aliphatic carbocycles. The van der Waals surface area contributed by atoms with Gasteiger partial charge in [-0.2, -0.15) is 0 Å². The molecule has 0 aliphatic rings. The number of hydrogen-bond donors (Lipinski definition) is 1. The summed E-state index contributed by atoms with van der Waals surface area (Å²) in [6.07, 6.45) is 1.60. The first-order chi connectivity index (χ1) is 10.7. The van der Waals surface area contributed by atoms with Crippen LogP contribution in [0.15, 0.2) is 18.3 Å². The predicted molar refractivity (Wildman–Crippen MR) is 84.1 cm³/mol. The number of carbonyl (C=O) groups excluding carboxylic acids is 1. The highest BCUT2D eigenvalue weighted by atomic mass is 32.1. The number of aryl methyl sites for hydroxylation is 1. The fourth-order valence-electron chi connectivity index (χ4n) is 1.91. The molecule has 0 fully saturated rings. The number of hydrogen-bond acceptors (Lipinski definition) is 6. The van der Waals surface area contributed by atoms with E-state index in [2.05, 4.69) is 15.3 Å². The predicted octanol–water partition coefficient (Wildman–Crippen LogP) is 2.32. The molecule has 2 aromatic rings. The average Bonchev–Trinajstić information content (AvgIpc) is 2.86. The third-order valence-electron chi connectivity index (χ3n) is 2.91. The number of ether oxygens (including phenoxy) is 2. The number of aromatic nitrogens is 2. The molecule has 0 atom stereocenters. The quantitative estimate of drug-likeness (QED) is 0.847. The van der Waals surface area contributed by atoms with Gasteiger partial charge >= 0.3 is 0 Å². The number of pyridine rings is 1. The van der Waals surface area contributed by atoms with Crippen molar-refractivity contribution in [2.45, 2.75) is 27.0 Å². The zero-order chi connectivity index (χ0) is 15.9. The number of carbonyl (C=O) groups is 1. The Balaban J connectivity index is 2.04. The van der Waals surface area contributed by atoms with Crippen molar-refractivity contribution in [2.75, 3.05) is 13.7 Å². The summed E-state index contributed by atoms with van der Waals surface area (Å²) in [5, 5.41) is 3.78. The third kappa shape index (κ3) is 4.02. The summed E-state index contributed by atoms with van der Waals surface area (Å²) in [4.78, 5) is 21.8. The molecule has 0 bridgehead atoms. The van der Waals surface area contributed by atoms with Crippen molar-refractivity contribution < 1.29 is 14.3 Å². The van der Waals surface area contributed by atoms with Gasteiger partial charge in [0.15, 0.2) is 0 Å². The zero-order valence-electron chi connectivity index (χ0n) is 12.9. The van der Waals surface area contributed by atoms with Crippen LogP contribution in [0.3, 0.4) is 0 Å². The second-order valence-electron chi connectivity index (χ2n) is 4.52. The average molecular weight is 321 g/mol. The fraction of sp³-hybridized carbons (Fsp3) is 0.400. The second-order valence-corrected chi connectivity index (χ2v) is 5.69. The van der Waals surface area contributed by atoms with Gasteiger partial charge in [0.05, 0.1) is 25.5 Å². The van der Waals surface area contributed by atoms with Gasteiger partial charge in [-0.1, -0.05) is 0 Å². The maximum atomic E-state index is 12.3. The summed E-state index contributed by atoms with van der Waals surface area (Å²) in [5.41, 5.74) is 1.34. The van der Waals surface area contributed by atoms with E-state index in [0.717, 1.165) is 15.6 Å². The van der Waals surface area contributed by atoms with Gasteiger partial charge in [-0.15, -0.1) is 11.3 Å². The summed E-state index contributed by atoms with van der Waals surface area (Å²) < 4.78 is 10.4.